The monoisotopic (exact) mass is 242 g/mol. The molecule has 0 saturated carbocycles. The van der Waals surface area contributed by atoms with Crippen LogP contribution in [0.15, 0.2) is 36.8 Å². The van der Waals surface area contributed by atoms with E-state index in [0.29, 0.717) is 6.42 Å². The minimum Gasteiger partial charge on any atom is -0.293 e. The normalized spacial score (nSPS) is 17.5. The summed E-state index contributed by atoms with van der Waals surface area (Å²) in [4.78, 5) is 20.2. The van der Waals surface area contributed by atoms with Crippen LogP contribution in [0.5, 0.6) is 0 Å². The largest absolute Gasteiger partial charge is 0.293 e. The van der Waals surface area contributed by atoms with Gasteiger partial charge in [0.2, 0.25) is 0 Å². The Morgan fingerprint density at radius 2 is 2.22 bits per heavy atom. The summed E-state index contributed by atoms with van der Waals surface area (Å²) in [6.07, 6.45) is 5.71. The van der Waals surface area contributed by atoms with E-state index < -0.39 is 5.82 Å². The highest BCUT2D eigenvalue weighted by atomic mass is 19.1. The van der Waals surface area contributed by atoms with E-state index in [4.69, 9.17) is 0 Å². The van der Waals surface area contributed by atoms with Gasteiger partial charge in [0.1, 0.15) is 0 Å². The van der Waals surface area contributed by atoms with Crippen LogP contribution in [-0.2, 0) is 6.42 Å². The molecule has 0 saturated heterocycles. The number of rotatable bonds is 2. The minimum atomic E-state index is -0.563. The lowest BCUT2D eigenvalue weighted by molar-refractivity contribution is 0.0954. The SMILES string of the molecule is O=C(c1ccncc1F)C1CCc2cccnc21. The molecule has 2 heterocycles. The smallest absolute Gasteiger partial charge is 0.174 e. The zero-order valence-corrected chi connectivity index (χ0v) is 9.64. The van der Waals surface area contributed by atoms with E-state index in [2.05, 4.69) is 9.97 Å². The number of hydrogen-bond acceptors (Lipinski definition) is 3. The lowest BCUT2D eigenvalue weighted by atomic mass is 9.95. The molecular formula is C14H11FN2O. The molecule has 2 aromatic rings. The van der Waals surface area contributed by atoms with Crippen LogP contribution < -0.4 is 0 Å². The van der Waals surface area contributed by atoms with Crippen molar-refractivity contribution < 1.29 is 9.18 Å². The fourth-order valence-corrected chi connectivity index (χ4v) is 2.43. The second kappa shape index (κ2) is 4.29. The average Bonchev–Trinajstić information content (AvgIpc) is 2.82. The molecule has 18 heavy (non-hydrogen) atoms. The maximum atomic E-state index is 13.6. The number of fused-ring (bicyclic) bond motifs is 1. The van der Waals surface area contributed by atoms with Gasteiger partial charge in [-0.05, 0) is 30.5 Å². The molecule has 1 aliphatic rings. The second-order valence-corrected chi connectivity index (χ2v) is 4.36. The van der Waals surface area contributed by atoms with Gasteiger partial charge in [-0.3, -0.25) is 14.8 Å². The fraction of sp³-hybridized carbons (Fsp3) is 0.214. The van der Waals surface area contributed by atoms with Crippen molar-refractivity contribution in [1.82, 2.24) is 9.97 Å². The van der Waals surface area contributed by atoms with Crippen LogP contribution in [0.3, 0.4) is 0 Å². The summed E-state index contributed by atoms with van der Waals surface area (Å²) in [5.41, 5.74) is 1.98. The van der Waals surface area contributed by atoms with Crippen molar-refractivity contribution in [3.05, 3.63) is 59.4 Å². The molecule has 90 valence electrons. The zero-order chi connectivity index (χ0) is 12.5. The van der Waals surface area contributed by atoms with Gasteiger partial charge in [0.15, 0.2) is 11.6 Å². The number of carbonyl (C=O) groups is 1. The average molecular weight is 242 g/mol. The van der Waals surface area contributed by atoms with Crippen molar-refractivity contribution in [2.24, 2.45) is 0 Å². The Bertz CT molecular complexity index is 612. The van der Waals surface area contributed by atoms with Crippen LogP contribution in [0, 0.1) is 5.82 Å². The molecule has 1 atom stereocenters. The molecule has 3 nitrogen and oxygen atoms in total. The number of halogens is 1. The summed E-state index contributed by atoms with van der Waals surface area (Å²) in [6, 6.07) is 5.26. The molecule has 3 rings (SSSR count). The van der Waals surface area contributed by atoms with Gasteiger partial charge in [0.05, 0.1) is 23.4 Å². The predicted molar refractivity (Wildman–Crippen MR) is 63.8 cm³/mol. The summed E-state index contributed by atoms with van der Waals surface area (Å²) in [5, 5.41) is 0. The predicted octanol–water partition coefficient (Wildman–Crippen LogP) is 2.53. The van der Waals surface area contributed by atoms with Crippen molar-refractivity contribution in [2.45, 2.75) is 18.8 Å². The Labute approximate surface area is 104 Å². The number of aryl methyl sites for hydroxylation is 1. The molecule has 0 bridgehead atoms. The molecule has 1 aliphatic carbocycles. The maximum absolute atomic E-state index is 13.6. The fourth-order valence-electron chi connectivity index (χ4n) is 2.43. The quantitative estimate of drug-likeness (QED) is 0.760. The highest BCUT2D eigenvalue weighted by molar-refractivity contribution is 6.01. The Morgan fingerprint density at radius 1 is 1.33 bits per heavy atom. The Hall–Kier alpha value is -2.10. The van der Waals surface area contributed by atoms with Crippen LogP contribution in [0.1, 0.15) is 34.0 Å². The van der Waals surface area contributed by atoms with Gasteiger partial charge in [-0.1, -0.05) is 6.07 Å². The van der Waals surface area contributed by atoms with Crippen molar-refractivity contribution in [3.8, 4) is 0 Å². The molecule has 0 radical (unpaired) electrons. The van der Waals surface area contributed by atoms with Gasteiger partial charge < -0.3 is 0 Å². The van der Waals surface area contributed by atoms with Crippen molar-refractivity contribution in [1.29, 1.82) is 0 Å². The first-order chi connectivity index (χ1) is 8.77. The summed E-state index contributed by atoms with van der Waals surface area (Å²) >= 11 is 0. The highest BCUT2D eigenvalue weighted by Crippen LogP contribution is 2.33. The van der Waals surface area contributed by atoms with Gasteiger partial charge in [-0.2, -0.15) is 0 Å². The molecule has 0 fully saturated rings. The van der Waals surface area contributed by atoms with E-state index in [-0.39, 0.29) is 17.3 Å². The summed E-state index contributed by atoms with van der Waals surface area (Å²) in [6.45, 7) is 0. The number of ketones is 1. The summed E-state index contributed by atoms with van der Waals surface area (Å²) < 4.78 is 13.6. The molecular weight excluding hydrogens is 231 g/mol. The third-order valence-electron chi connectivity index (χ3n) is 3.31. The molecule has 2 aromatic heterocycles. The molecule has 0 N–H and O–H groups in total. The van der Waals surface area contributed by atoms with Crippen LogP contribution in [0.4, 0.5) is 4.39 Å². The van der Waals surface area contributed by atoms with E-state index >= 15 is 0 Å². The first-order valence-corrected chi connectivity index (χ1v) is 5.85. The minimum absolute atomic E-state index is 0.105. The molecule has 4 heteroatoms. The molecule has 0 aliphatic heterocycles. The molecule has 0 spiro atoms. The Balaban J connectivity index is 1.99. The van der Waals surface area contributed by atoms with Crippen LogP contribution in [-0.4, -0.2) is 15.8 Å². The lowest BCUT2D eigenvalue weighted by Crippen LogP contribution is -2.13. The number of pyridine rings is 2. The van der Waals surface area contributed by atoms with Gasteiger partial charge >= 0.3 is 0 Å². The van der Waals surface area contributed by atoms with Crippen molar-refractivity contribution >= 4 is 5.78 Å². The lowest BCUT2D eigenvalue weighted by Gasteiger charge is -2.09. The van der Waals surface area contributed by atoms with Crippen LogP contribution in [0.2, 0.25) is 0 Å². The van der Waals surface area contributed by atoms with Gasteiger partial charge in [-0.25, -0.2) is 4.39 Å². The number of carbonyl (C=O) groups excluding carboxylic acids is 1. The van der Waals surface area contributed by atoms with Gasteiger partial charge in [0.25, 0.3) is 0 Å². The third kappa shape index (κ3) is 1.70. The molecule has 0 aromatic carbocycles. The first kappa shape index (κ1) is 11.0. The number of aromatic nitrogens is 2. The van der Waals surface area contributed by atoms with E-state index in [0.717, 1.165) is 23.9 Å². The van der Waals surface area contributed by atoms with E-state index in [1.54, 1.807) is 6.20 Å². The third-order valence-corrected chi connectivity index (χ3v) is 3.31. The first-order valence-electron chi connectivity index (χ1n) is 5.85. The molecule has 1 unspecified atom stereocenters. The Morgan fingerprint density at radius 3 is 3.06 bits per heavy atom. The van der Waals surface area contributed by atoms with E-state index in [1.165, 1.54) is 12.3 Å². The number of hydrogen-bond donors (Lipinski definition) is 0. The van der Waals surface area contributed by atoms with E-state index in [1.807, 2.05) is 12.1 Å². The highest BCUT2D eigenvalue weighted by Gasteiger charge is 2.31. The van der Waals surface area contributed by atoms with Crippen molar-refractivity contribution in [3.63, 3.8) is 0 Å². The maximum Gasteiger partial charge on any atom is 0.174 e. The van der Waals surface area contributed by atoms with Gasteiger partial charge in [-0.15, -0.1) is 0 Å². The standard InChI is InChI=1S/C14H11FN2O/c15-12-8-16-7-5-10(12)14(18)11-4-3-9-2-1-6-17-13(9)11/h1-2,5-8,11H,3-4H2. The van der Waals surface area contributed by atoms with Gasteiger partial charge in [0, 0.05) is 12.4 Å². The summed E-state index contributed by atoms with van der Waals surface area (Å²) in [5.74, 6) is -1.09. The van der Waals surface area contributed by atoms with Crippen LogP contribution >= 0.6 is 0 Å². The number of nitrogens with zero attached hydrogens (tertiary/aromatic N) is 2. The van der Waals surface area contributed by atoms with E-state index in [9.17, 15) is 9.18 Å². The van der Waals surface area contributed by atoms with Crippen LogP contribution in [0.25, 0.3) is 0 Å². The second-order valence-electron chi connectivity index (χ2n) is 4.36. The topological polar surface area (TPSA) is 42.9 Å². The Kier molecular flexibility index (Phi) is 2.63. The zero-order valence-electron chi connectivity index (χ0n) is 9.64. The summed E-state index contributed by atoms with van der Waals surface area (Å²) in [7, 11) is 0. The molecule has 0 amide bonds. The van der Waals surface area contributed by atoms with Crippen molar-refractivity contribution in [2.75, 3.05) is 0 Å². The number of Topliss-reactive ketones (excluding diaryl/α,β-unsaturated/α-hetero) is 1.